The number of carbonyl (C=O) groups excluding carboxylic acids is 1. The molecule has 0 spiro atoms. The quantitative estimate of drug-likeness (QED) is 0.375. The SMILES string of the molecule is CCCCCC(O)C(C)N=C=O. The third-order valence-electron chi connectivity index (χ3n) is 1.92. The largest absolute Gasteiger partial charge is 0.391 e. The molecule has 0 bridgehead atoms. The summed E-state index contributed by atoms with van der Waals surface area (Å²) in [5.41, 5.74) is 0. The van der Waals surface area contributed by atoms with Crippen molar-refractivity contribution in [1.82, 2.24) is 0 Å². The lowest BCUT2D eigenvalue weighted by Gasteiger charge is -2.12. The van der Waals surface area contributed by atoms with Crippen molar-refractivity contribution in [1.29, 1.82) is 0 Å². The standard InChI is InChI=1S/C9H17NO2/c1-3-4-5-6-9(12)8(2)10-7-11/h8-9,12H,3-6H2,1-2H3. The van der Waals surface area contributed by atoms with E-state index in [0.29, 0.717) is 0 Å². The molecule has 2 atom stereocenters. The molecule has 0 saturated carbocycles. The first-order valence-electron chi connectivity index (χ1n) is 4.47. The Kier molecular flexibility index (Phi) is 6.63. The first-order valence-corrected chi connectivity index (χ1v) is 4.47. The average Bonchev–Trinajstić information content (AvgIpc) is 2.05. The maximum Gasteiger partial charge on any atom is 0.235 e. The van der Waals surface area contributed by atoms with Crippen LogP contribution in [0.3, 0.4) is 0 Å². The van der Waals surface area contributed by atoms with Crippen molar-refractivity contribution in [3.8, 4) is 0 Å². The van der Waals surface area contributed by atoms with Crippen molar-refractivity contribution in [3.63, 3.8) is 0 Å². The van der Waals surface area contributed by atoms with Gasteiger partial charge in [-0.3, -0.25) is 0 Å². The molecule has 3 nitrogen and oxygen atoms in total. The maximum atomic E-state index is 9.85. The molecule has 12 heavy (non-hydrogen) atoms. The predicted octanol–water partition coefficient (Wildman–Crippen LogP) is 1.65. The van der Waals surface area contributed by atoms with Crippen LogP contribution in [-0.4, -0.2) is 23.3 Å². The fourth-order valence-electron chi connectivity index (χ4n) is 1.01. The van der Waals surface area contributed by atoms with E-state index in [1.54, 1.807) is 6.92 Å². The molecule has 3 heteroatoms. The number of hydrogen-bond acceptors (Lipinski definition) is 3. The molecule has 70 valence electrons. The van der Waals surface area contributed by atoms with Gasteiger partial charge in [0.25, 0.3) is 0 Å². The number of hydrogen-bond donors (Lipinski definition) is 1. The number of isocyanates is 1. The Labute approximate surface area is 73.5 Å². The Balaban J connectivity index is 3.55. The lowest BCUT2D eigenvalue weighted by atomic mass is 10.1. The van der Waals surface area contributed by atoms with Gasteiger partial charge in [-0.2, -0.15) is 0 Å². The number of nitrogens with zero attached hydrogens (tertiary/aromatic N) is 1. The Bertz CT molecular complexity index is 153. The molecule has 0 aliphatic heterocycles. The first-order chi connectivity index (χ1) is 5.72. The predicted molar refractivity (Wildman–Crippen MR) is 47.7 cm³/mol. The molecule has 0 heterocycles. The third-order valence-corrected chi connectivity index (χ3v) is 1.92. The molecule has 0 aromatic rings. The van der Waals surface area contributed by atoms with Gasteiger partial charge in [0.15, 0.2) is 0 Å². The maximum absolute atomic E-state index is 9.85. The molecule has 0 radical (unpaired) electrons. The van der Waals surface area contributed by atoms with E-state index in [4.69, 9.17) is 0 Å². The lowest BCUT2D eigenvalue weighted by Crippen LogP contribution is -2.20. The third kappa shape index (κ3) is 5.05. The Morgan fingerprint density at radius 3 is 2.67 bits per heavy atom. The van der Waals surface area contributed by atoms with Crippen LogP contribution in [-0.2, 0) is 4.79 Å². The van der Waals surface area contributed by atoms with Crippen molar-refractivity contribution < 1.29 is 9.90 Å². The summed E-state index contributed by atoms with van der Waals surface area (Å²) >= 11 is 0. The van der Waals surface area contributed by atoms with Gasteiger partial charge in [0.1, 0.15) is 0 Å². The lowest BCUT2D eigenvalue weighted by molar-refractivity contribution is 0.138. The van der Waals surface area contributed by atoms with Gasteiger partial charge in [0, 0.05) is 0 Å². The molecule has 1 N–H and O–H groups in total. The summed E-state index contributed by atoms with van der Waals surface area (Å²) in [6.07, 6.45) is 4.94. The second-order valence-corrected chi connectivity index (χ2v) is 3.02. The Hall–Kier alpha value is -0.660. The van der Waals surface area contributed by atoms with Gasteiger partial charge in [-0.15, -0.1) is 0 Å². The zero-order chi connectivity index (χ0) is 9.40. The minimum absolute atomic E-state index is 0.306. The Morgan fingerprint density at radius 2 is 2.17 bits per heavy atom. The summed E-state index contributed by atoms with van der Waals surface area (Å²) in [6, 6.07) is -0.306. The molecule has 0 fully saturated rings. The normalized spacial score (nSPS) is 14.9. The van der Waals surface area contributed by atoms with Crippen LogP contribution < -0.4 is 0 Å². The molecule has 0 saturated heterocycles. The zero-order valence-corrected chi connectivity index (χ0v) is 7.79. The molecule has 0 aromatic heterocycles. The van der Waals surface area contributed by atoms with Crippen molar-refractivity contribution >= 4 is 6.08 Å². The van der Waals surface area contributed by atoms with E-state index in [1.165, 1.54) is 6.08 Å². The summed E-state index contributed by atoms with van der Waals surface area (Å²) in [6.45, 7) is 3.83. The van der Waals surface area contributed by atoms with Gasteiger partial charge in [-0.05, 0) is 13.3 Å². The zero-order valence-electron chi connectivity index (χ0n) is 7.79. The highest BCUT2D eigenvalue weighted by atomic mass is 16.3. The molecule has 2 unspecified atom stereocenters. The van der Waals surface area contributed by atoms with Crippen molar-refractivity contribution in [3.05, 3.63) is 0 Å². The fraction of sp³-hybridized carbons (Fsp3) is 0.889. The summed E-state index contributed by atoms with van der Waals surface area (Å²) < 4.78 is 0. The highest BCUT2D eigenvalue weighted by molar-refractivity contribution is 5.33. The summed E-state index contributed by atoms with van der Waals surface area (Å²) in [4.78, 5) is 13.3. The van der Waals surface area contributed by atoms with E-state index < -0.39 is 6.10 Å². The molecule has 0 rings (SSSR count). The fourth-order valence-corrected chi connectivity index (χ4v) is 1.01. The van der Waals surface area contributed by atoms with Crippen molar-refractivity contribution in [2.45, 2.75) is 51.7 Å². The van der Waals surface area contributed by atoms with Crippen LogP contribution >= 0.6 is 0 Å². The van der Waals surface area contributed by atoms with Crippen LogP contribution in [0, 0.1) is 0 Å². The van der Waals surface area contributed by atoms with E-state index in [2.05, 4.69) is 11.9 Å². The number of unbranched alkanes of at least 4 members (excludes halogenated alkanes) is 2. The highest BCUT2D eigenvalue weighted by Gasteiger charge is 2.11. The monoisotopic (exact) mass is 171 g/mol. The Morgan fingerprint density at radius 1 is 1.50 bits per heavy atom. The summed E-state index contributed by atoms with van der Waals surface area (Å²) in [5, 5.41) is 9.40. The number of aliphatic hydroxyl groups is 1. The topological polar surface area (TPSA) is 49.7 Å². The number of rotatable bonds is 6. The highest BCUT2D eigenvalue weighted by Crippen LogP contribution is 2.08. The van der Waals surface area contributed by atoms with Crippen molar-refractivity contribution in [2.75, 3.05) is 0 Å². The van der Waals surface area contributed by atoms with E-state index >= 15 is 0 Å². The van der Waals surface area contributed by atoms with E-state index in [9.17, 15) is 9.90 Å². The van der Waals surface area contributed by atoms with Crippen molar-refractivity contribution in [2.24, 2.45) is 4.99 Å². The van der Waals surface area contributed by atoms with E-state index in [0.717, 1.165) is 25.7 Å². The summed E-state index contributed by atoms with van der Waals surface area (Å²) in [5.74, 6) is 0. The molecule has 0 amide bonds. The smallest absolute Gasteiger partial charge is 0.235 e. The van der Waals surface area contributed by atoms with Gasteiger partial charge in [0.05, 0.1) is 12.1 Å². The van der Waals surface area contributed by atoms with Gasteiger partial charge >= 0.3 is 0 Å². The molecular formula is C9H17NO2. The van der Waals surface area contributed by atoms with Crippen LogP contribution in [0.4, 0.5) is 0 Å². The van der Waals surface area contributed by atoms with Crippen LogP contribution in [0.5, 0.6) is 0 Å². The second-order valence-electron chi connectivity index (χ2n) is 3.02. The summed E-state index contributed by atoms with van der Waals surface area (Å²) in [7, 11) is 0. The van der Waals surface area contributed by atoms with Crippen LogP contribution in [0.1, 0.15) is 39.5 Å². The van der Waals surface area contributed by atoms with Gasteiger partial charge in [-0.1, -0.05) is 26.2 Å². The molecular weight excluding hydrogens is 154 g/mol. The minimum atomic E-state index is -0.488. The van der Waals surface area contributed by atoms with Crippen LogP contribution in [0.25, 0.3) is 0 Å². The first kappa shape index (κ1) is 11.3. The van der Waals surface area contributed by atoms with Crippen LogP contribution in [0.2, 0.25) is 0 Å². The van der Waals surface area contributed by atoms with Gasteiger partial charge in [-0.25, -0.2) is 9.79 Å². The minimum Gasteiger partial charge on any atom is -0.391 e. The molecule has 0 aromatic carbocycles. The van der Waals surface area contributed by atoms with Crippen LogP contribution in [0.15, 0.2) is 4.99 Å². The average molecular weight is 171 g/mol. The van der Waals surface area contributed by atoms with E-state index in [-0.39, 0.29) is 6.04 Å². The molecule has 0 aliphatic rings. The molecule has 0 aliphatic carbocycles. The number of aliphatic imine (C=N–C) groups is 1. The number of aliphatic hydroxyl groups excluding tert-OH is 1. The van der Waals surface area contributed by atoms with E-state index in [1.807, 2.05) is 0 Å². The van der Waals surface area contributed by atoms with Gasteiger partial charge in [0.2, 0.25) is 6.08 Å². The van der Waals surface area contributed by atoms with Gasteiger partial charge < -0.3 is 5.11 Å². The second kappa shape index (κ2) is 7.01.